The summed E-state index contributed by atoms with van der Waals surface area (Å²) in [4.78, 5) is 12.1. The SMILES string of the molecule is C[C@@H]1C(=O)C(C#N)=C[C@]2(C)c3nn(C)cc3CC12. The summed E-state index contributed by atoms with van der Waals surface area (Å²) in [6, 6.07) is 2.04. The number of ketones is 1. The van der Waals surface area contributed by atoms with E-state index in [1.165, 1.54) is 5.56 Å². The van der Waals surface area contributed by atoms with Crippen LogP contribution in [0, 0.1) is 23.2 Å². The number of rotatable bonds is 0. The zero-order valence-corrected chi connectivity index (χ0v) is 10.8. The van der Waals surface area contributed by atoms with Crippen molar-refractivity contribution in [3.05, 3.63) is 29.1 Å². The lowest BCUT2D eigenvalue weighted by molar-refractivity contribution is -0.121. The van der Waals surface area contributed by atoms with Crippen molar-refractivity contribution < 1.29 is 4.79 Å². The first-order valence-electron chi connectivity index (χ1n) is 6.17. The second-order valence-corrected chi connectivity index (χ2v) is 5.59. The average molecular weight is 241 g/mol. The zero-order valence-electron chi connectivity index (χ0n) is 10.8. The monoisotopic (exact) mass is 241 g/mol. The van der Waals surface area contributed by atoms with Gasteiger partial charge in [-0.3, -0.25) is 9.48 Å². The van der Waals surface area contributed by atoms with E-state index < -0.39 is 0 Å². The molecule has 1 heterocycles. The molecule has 0 amide bonds. The Balaban J connectivity index is 2.21. The highest BCUT2D eigenvalue weighted by atomic mass is 16.1. The molecular formula is C14H15N3O. The number of nitriles is 1. The largest absolute Gasteiger partial charge is 0.293 e. The lowest BCUT2D eigenvalue weighted by Crippen LogP contribution is -2.40. The number of carbonyl (C=O) groups is 1. The van der Waals surface area contributed by atoms with Crippen molar-refractivity contribution in [2.75, 3.05) is 0 Å². The molecule has 3 atom stereocenters. The van der Waals surface area contributed by atoms with E-state index in [2.05, 4.69) is 12.0 Å². The van der Waals surface area contributed by atoms with Crippen molar-refractivity contribution in [1.29, 1.82) is 5.26 Å². The molecule has 0 aliphatic heterocycles. The molecule has 0 spiro atoms. The fourth-order valence-electron chi connectivity index (χ4n) is 3.52. The average Bonchev–Trinajstić information content (AvgIpc) is 2.81. The van der Waals surface area contributed by atoms with Gasteiger partial charge in [0.2, 0.25) is 0 Å². The van der Waals surface area contributed by atoms with Crippen LogP contribution in [0.15, 0.2) is 17.8 Å². The Hall–Kier alpha value is -1.89. The maximum absolute atomic E-state index is 12.1. The molecule has 0 aromatic carbocycles. The Bertz CT molecular complexity index is 619. The lowest BCUT2D eigenvalue weighted by atomic mass is 9.65. The van der Waals surface area contributed by atoms with Crippen LogP contribution < -0.4 is 0 Å². The third-order valence-corrected chi connectivity index (χ3v) is 4.47. The third-order valence-electron chi connectivity index (χ3n) is 4.47. The quantitative estimate of drug-likeness (QED) is 0.692. The standard InChI is InChI=1S/C14H15N3O/c1-8-11-4-9-7-17(3)16-13(9)14(11,2)5-10(6-15)12(8)18/h5,7-8,11H,4H2,1-3H3/t8-,11?,14-/m0/s1. The van der Waals surface area contributed by atoms with Gasteiger partial charge in [0.05, 0.1) is 11.3 Å². The number of hydrogen-bond donors (Lipinski definition) is 0. The number of aromatic nitrogens is 2. The number of Topliss-reactive ketones (excluding diaryl/α,β-unsaturated/α-hetero) is 1. The van der Waals surface area contributed by atoms with Crippen LogP contribution in [0.5, 0.6) is 0 Å². The van der Waals surface area contributed by atoms with E-state index in [0.29, 0.717) is 5.57 Å². The molecule has 4 heteroatoms. The van der Waals surface area contributed by atoms with Gasteiger partial charge < -0.3 is 0 Å². The fourth-order valence-corrected chi connectivity index (χ4v) is 3.52. The Kier molecular flexibility index (Phi) is 2.07. The predicted molar refractivity (Wildman–Crippen MR) is 65.6 cm³/mol. The van der Waals surface area contributed by atoms with Gasteiger partial charge in [0, 0.05) is 24.6 Å². The molecule has 2 aliphatic carbocycles. The van der Waals surface area contributed by atoms with E-state index >= 15 is 0 Å². The van der Waals surface area contributed by atoms with E-state index in [-0.39, 0.29) is 23.0 Å². The molecule has 1 aromatic rings. The van der Waals surface area contributed by atoms with Crippen LogP contribution in [0.2, 0.25) is 0 Å². The molecule has 0 saturated carbocycles. The normalized spacial score (nSPS) is 33.7. The van der Waals surface area contributed by atoms with Crippen LogP contribution in [-0.4, -0.2) is 15.6 Å². The van der Waals surface area contributed by atoms with E-state index in [4.69, 9.17) is 5.26 Å². The van der Waals surface area contributed by atoms with Crippen molar-refractivity contribution >= 4 is 5.78 Å². The molecule has 92 valence electrons. The van der Waals surface area contributed by atoms with Crippen molar-refractivity contribution in [2.24, 2.45) is 18.9 Å². The first kappa shape index (κ1) is 11.2. The summed E-state index contributed by atoms with van der Waals surface area (Å²) in [6.45, 7) is 4.03. The second-order valence-electron chi connectivity index (χ2n) is 5.59. The maximum atomic E-state index is 12.1. The Labute approximate surface area is 106 Å². The van der Waals surface area contributed by atoms with Gasteiger partial charge in [-0.15, -0.1) is 0 Å². The van der Waals surface area contributed by atoms with Crippen molar-refractivity contribution in [3.8, 4) is 6.07 Å². The minimum absolute atomic E-state index is 0.0190. The highest BCUT2D eigenvalue weighted by Gasteiger charge is 2.51. The highest BCUT2D eigenvalue weighted by molar-refractivity contribution is 6.02. The van der Waals surface area contributed by atoms with Gasteiger partial charge in [-0.1, -0.05) is 19.9 Å². The predicted octanol–water partition coefficient (Wildman–Crippen LogP) is 1.52. The summed E-state index contributed by atoms with van der Waals surface area (Å²) in [5, 5.41) is 13.6. The number of hydrogen-bond acceptors (Lipinski definition) is 3. The summed E-state index contributed by atoms with van der Waals surface area (Å²) in [6.07, 6.45) is 4.73. The van der Waals surface area contributed by atoms with Gasteiger partial charge in [0.1, 0.15) is 6.07 Å². The molecule has 0 saturated heterocycles. The number of aryl methyl sites for hydroxylation is 1. The van der Waals surface area contributed by atoms with Crippen LogP contribution in [0.3, 0.4) is 0 Å². The van der Waals surface area contributed by atoms with Gasteiger partial charge in [-0.05, 0) is 17.9 Å². The van der Waals surface area contributed by atoms with Gasteiger partial charge in [-0.25, -0.2) is 0 Å². The summed E-state index contributed by atoms with van der Waals surface area (Å²) < 4.78 is 1.81. The van der Waals surface area contributed by atoms with Crippen molar-refractivity contribution in [2.45, 2.75) is 25.7 Å². The molecule has 0 bridgehead atoms. The zero-order chi connectivity index (χ0) is 13.1. The van der Waals surface area contributed by atoms with Gasteiger partial charge in [0.15, 0.2) is 5.78 Å². The first-order chi connectivity index (χ1) is 8.47. The molecular weight excluding hydrogens is 226 g/mol. The molecule has 0 N–H and O–H groups in total. The number of allylic oxidation sites excluding steroid dienone is 2. The summed E-state index contributed by atoms with van der Waals surface area (Å²) in [7, 11) is 1.91. The van der Waals surface area contributed by atoms with Crippen molar-refractivity contribution in [3.63, 3.8) is 0 Å². The maximum Gasteiger partial charge on any atom is 0.176 e. The van der Waals surface area contributed by atoms with Crippen LogP contribution in [0.25, 0.3) is 0 Å². The van der Waals surface area contributed by atoms with Crippen LogP contribution in [0.4, 0.5) is 0 Å². The molecule has 0 fully saturated rings. The number of carbonyl (C=O) groups excluding carboxylic acids is 1. The molecule has 1 aromatic heterocycles. The number of fused-ring (bicyclic) bond motifs is 3. The third kappa shape index (κ3) is 1.19. The number of nitrogens with zero attached hydrogens (tertiary/aromatic N) is 3. The smallest absolute Gasteiger partial charge is 0.176 e. The molecule has 18 heavy (non-hydrogen) atoms. The lowest BCUT2D eigenvalue weighted by Gasteiger charge is -2.36. The molecule has 2 aliphatic rings. The summed E-state index contributed by atoms with van der Waals surface area (Å²) in [5.74, 6) is 0.115. The minimum atomic E-state index is -0.269. The van der Waals surface area contributed by atoms with Crippen LogP contribution in [-0.2, 0) is 23.7 Å². The summed E-state index contributed by atoms with van der Waals surface area (Å²) in [5.41, 5.74) is 2.26. The van der Waals surface area contributed by atoms with Gasteiger partial charge >= 0.3 is 0 Å². The van der Waals surface area contributed by atoms with Crippen molar-refractivity contribution in [1.82, 2.24) is 9.78 Å². The van der Waals surface area contributed by atoms with Gasteiger partial charge in [-0.2, -0.15) is 10.4 Å². The van der Waals surface area contributed by atoms with E-state index in [1.54, 1.807) is 0 Å². The van der Waals surface area contributed by atoms with E-state index in [9.17, 15) is 4.79 Å². The van der Waals surface area contributed by atoms with E-state index in [1.807, 2.05) is 37.0 Å². The topological polar surface area (TPSA) is 58.7 Å². The van der Waals surface area contributed by atoms with Crippen LogP contribution in [0.1, 0.15) is 25.1 Å². The Morgan fingerprint density at radius 2 is 2.33 bits per heavy atom. The first-order valence-corrected chi connectivity index (χ1v) is 6.17. The fraction of sp³-hybridized carbons (Fsp3) is 0.500. The Morgan fingerprint density at radius 1 is 1.61 bits per heavy atom. The second kappa shape index (κ2) is 3.32. The minimum Gasteiger partial charge on any atom is -0.293 e. The van der Waals surface area contributed by atoms with Gasteiger partial charge in [0.25, 0.3) is 0 Å². The van der Waals surface area contributed by atoms with E-state index in [0.717, 1.165) is 12.1 Å². The highest BCUT2D eigenvalue weighted by Crippen LogP contribution is 2.50. The summed E-state index contributed by atoms with van der Waals surface area (Å²) >= 11 is 0. The molecule has 3 rings (SSSR count). The Morgan fingerprint density at radius 3 is 3.00 bits per heavy atom. The van der Waals surface area contributed by atoms with Crippen LogP contribution >= 0.6 is 0 Å². The molecule has 0 radical (unpaired) electrons. The molecule has 4 nitrogen and oxygen atoms in total. The molecule has 1 unspecified atom stereocenters.